The number of hydrogen-bond donors (Lipinski definition) is 3. The van der Waals surface area contributed by atoms with Crippen LogP contribution in [0.4, 0.5) is 15.8 Å². The fourth-order valence-electron chi connectivity index (χ4n) is 0.885. The standard InChI is InChI=1S/C9H11FN2O2/c1-5(13)9(14)12-8-3-2-6(10)4-7(8)11/h2-5,13H,11H2,1H3,(H,12,14). The number of aliphatic hydroxyl groups excluding tert-OH is 1. The molecule has 0 spiro atoms. The number of hydrogen-bond acceptors (Lipinski definition) is 3. The number of amides is 1. The highest BCUT2D eigenvalue weighted by atomic mass is 19.1. The Hall–Kier alpha value is -1.62. The van der Waals surface area contributed by atoms with Crippen molar-refractivity contribution in [3.05, 3.63) is 24.0 Å². The molecular weight excluding hydrogens is 187 g/mol. The van der Waals surface area contributed by atoms with Crippen molar-refractivity contribution in [2.45, 2.75) is 13.0 Å². The second-order valence-corrected chi connectivity index (χ2v) is 2.90. The molecule has 0 aliphatic rings. The first-order chi connectivity index (χ1) is 6.50. The van der Waals surface area contributed by atoms with E-state index in [-0.39, 0.29) is 11.4 Å². The first kappa shape index (κ1) is 10.5. The molecule has 4 nitrogen and oxygen atoms in total. The molecule has 0 aromatic heterocycles. The lowest BCUT2D eigenvalue weighted by molar-refractivity contribution is -0.123. The predicted molar refractivity (Wildman–Crippen MR) is 51.1 cm³/mol. The topological polar surface area (TPSA) is 75.3 Å². The molecule has 14 heavy (non-hydrogen) atoms. The Balaban J connectivity index is 2.82. The molecule has 1 unspecified atom stereocenters. The fraction of sp³-hybridized carbons (Fsp3) is 0.222. The summed E-state index contributed by atoms with van der Waals surface area (Å²) < 4.78 is 12.6. The largest absolute Gasteiger partial charge is 0.397 e. The lowest BCUT2D eigenvalue weighted by Crippen LogP contribution is -2.24. The maximum absolute atomic E-state index is 12.6. The Kier molecular flexibility index (Phi) is 3.03. The van der Waals surface area contributed by atoms with Gasteiger partial charge in [0.1, 0.15) is 11.9 Å². The zero-order valence-electron chi connectivity index (χ0n) is 7.62. The number of anilines is 2. The number of rotatable bonds is 2. The molecule has 0 saturated carbocycles. The van der Waals surface area contributed by atoms with Crippen molar-refractivity contribution < 1.29 is 14.3 Å². The van der Waals surface area contributed by atoms with Gasteiger partial charge >= 0.3 is 0 Å². The zero-order chi connectivity index (χ0) is 10.7. The van der Waals surface area contributed by atoms with Gasteiger partial charge in [0, 0.05) is 0 Å². The van der Waals surface area contributed by atoms with Crippen molar-refractivity contribution in [1.82, 2.24) is 0 Å². The van der Waals surface area contributed by atoms with E-state index in [1.165, 1.54) is 19.1 Å². The maximum Gasteiger partial charge on any atom is 0.252 e. The number of nitrogens with one attached hydrogen (secondary N) is 1. The zero-order valence-corrected chi connectivity index (χ0v) is 7.62. The third-order valence-corrected chi connectivity index (χ3v) is 1.65. The van der Waals surface area contributed by atoms with E-state index in [9.17, 15) is 9.18 Å². The Morgan fingerprint density at radius 3 is 2.79 bits per heavy atom. The molecule has 0 saturated heterocycles. The summed E-state index contributed by atoms with van der Waals surface area (Å²) in [7, 11) is 0. The summed E-state index contributed by atoms with van der Waals surface area (Å²) in [5.41, 5.74) is 5.85. The molecule has 1 aromatic carbocycles. The number of nitrogen functional groups attached to an aromatic ring is 1. The van der Waals surface area contributed by atoms with Crippen LogP contribution in [0.2, 0.25) is 0 Å². The number of nitrogens with two attached hydrogens (primary N) is 1. The van der Waals surface area contributed by atoms with Crippen molar-refractivity contribution in [2.75, 3.05) is 11.1 Å². The van der Waals surface area contributed by atoms with E-state index < -0.39 is 17.8 Å². The molecule has 1 aromatic rings. The lowest BCUT2D eigenvalue weighted by Gasteiger charge is -2.09. The molecule has 0 aliphatic heterocycles. The number of aliphatic hydroxyl groups is 1. The van der Waals surface area contributed by atoms with E-state index in [0.29, 0.717) is 0 Å². The van der Waals surface area contributed by atoms with Crippen molar-refractivity contribution in [1.29, 1.82) is 0 Å². The normalized spacial score (nSPS) is 12.2. The van der Waals surface area contributed by atoms with Gasteiger partial charge in [0.05, 0.1) is 11.4 Å². The molecule has 0 fully saturated rings. The van der Waals surface area contributed by atoms with Gasteiger partial charge in [0.2, 0.25) is 0 Å². The van der Waals surface area contributed by atoms with Crippen LogP contribution in [-0.2, 0) is 4.79 Å². The summed E-state index contributed by atoms with van der Waals surface area (Å²) in [4.78, 5) is 11.0. The average Bonchev–Trinajstić information content (AvgIpc) is 2.09. The summed E-state index contributed by atoms with van der Waals surface area (Å²) in [6, 6.07) is 3.61. The number of benzene rings is 1. The highest BCUT2D eigenvalue weighted by Crippen LogP contribution is 2.18. The van der Waals surface area contributed by atoms with E-state index in [2.05, 4.69) is 5.32 Å². The summed E-state index contributed by atoms with van der Waals surface area (Å²) in [6.45, 7) is 1.33. The summed E-state index contributed by atoms with van der Waals surface area (Å²) in [5, 5.41) is 11.3. The lowest BCUT2D eigenvalue weighted by atomic mass is 10.2. The minimum absolute atomic E-state index is 0.124. The molecule has 1 amide bonds. The molecular formula is C9H11FN2O2. The molecule has 0 heterocycles. The smallest absolute Gasteiger partial charge is 0.252 e. The third kappa shape index (κ3) is 2.43. The van der Waals surface area contributed by atoms with Crippen LogP contribution in [0.1, 0.15) is 6.92 Å². The predicted octanol–water partition coefficient (Wildman–Crippen LogP) is 0.727. The Bertz CT molecular complexity index is 353. The van der Waals surface area contributed by atoms with Crippen LogP contribution < -0.4 is 11.1 Å². The van der Waals surface area contributed by atoms with Crippen molar-refractivity contribution in [3.63, 3.8) is 0 Å². The quantitative estimate of drug-likeness (QED) is 0.613. The Labute approximate surface area is 80.5 Å². The van der Waals surface area contributed by atoms with Gasteiger partial charge in [0.15, 0.2) is 0 Å². The highest BCUT2D eigenvalue weighted by molar-refractivity contribution is 5.96. The minimum atomic E-state index is -1.13. The molecule has 0 aliphatic carbocycles. The van der Waals surface area contributed by atoms with Gasteiger partial charge in [0.25, 0.3) is 5.91 Å². The second-order valence-electron chi connectivity index (χ2n) is 2.90. The van der Waals surface area contributed by atoms with Gasteiger partial charge < -0.3 is 16.2 Å². The SMILES string of the molecule is CC(O)C(=O)Nc1ccc(F)cc1N. The van der Waals surface area contributed by atoms with E-state index in [0.717, 1.165) is 6.07 Å². The Morgan fingerprint density at radius 1 is 1.64 bits per heavy atom. The molecule has 1 rings (SSSR count). The summed E-state index contributed by atoms with van der Waals surface area (Å²) in [5.74, 6) is -1.05. The molecule has 5 heteroatoms. The van der Waals surface area contributed by atoms with Gasteiger partial charge in [-0.3, -0.25) is 4.79 Å². The van der Waals surface area contributed by atoms with E-state index >= 15 is 0 Å². The van der Waals surface area contributed by atoms with E-state index in [1.807, 2.05) is 0 Å². The first-order valence-electron chi connectivity index (χ1n) is 4.04. The maximum atomic E-state index is 12.6. The van der Waals surface area contributed by atoms with E-state index in [1.54, 1.807) is 0 Å². The van der Waals surface area contributed by atoms with Crippen LogP contribution >= 0.6 is 0 Å². The van der Waals surface area contributed by atoms with Crippen LogP contribution in [-0.4, -0.2) is 17.1 Å². The number of carbonyl (C=O) groups is 1. The summed E-state index contributed by atoms with van der Waals surface area (Å²) >= 11 is 0. The number of carbonyl (C=O) groups excluding carboxylic acids is 1. The van der Waals surface area contributed by atoms with E-state index in [4.69, 9.17) is 10.8 Å². The Morgan fingerprint density at radius 2 is 2.29 bits per heavy atom. The third-order valence-electron chi connectivity index (χ3n) is 1.65. The van der Waals surface area contributed by atoms with Crippen LogP contribution in [0, 0.1) is 5.82 Å². The second kappa shape index (κ2) is 4.06. The van der Waals surface area contributed by atoms with Crippen molar-refractivity contribution in [2.24, 2.45) is 0 Å². The minimum Gasteiger partial charge on any atom is -0.397 e. The van der Waals surface area contributed by atoms with Gasteiger partial charge in [-0.15, -0.1) is 0 Å². The molecule has 76 valence electrons. The van der Waals surface area contributed by atoms with Crippen LogP contribution in [0.15, 0.2) is 18.2 Å². The molecule has 0 radical (unpaired) electrons. The van der Waals surface area contributed by atoms with Crippen LogP contribution in [0.5, 0.6) is 0 Å². The molecule has 0 bridgehead atoms. The average molecular weight is 198 g/mol. The summed E-state index contributed by atoms with van der Waals surface area (Å²) in [6.07, 6.45) is -1.13. The molecule has 4 N–H and O–H groups in total. The van der Waals surface area contributed by atoms with Gasteiger partial charge in [-0.2, -0.15) is 0 Å². The van der Waals surface area contributed by atoms with Gasteiger partial charge in [-0.05, 0) is 25.1 Å². The van der Waals surface area contributed by atoms with Crippen LogP contribution in [0.3, 0.4) is 0 Å². The molecule has 1 atom stereocenters. The fourth-order valence-corrected chi connectivity index (χ4v) is 0.885. The van der Waals surface area contributed by atoms with Crippen molar-refractivity contribution >= 4 is 17.3 Å². The monoisotopic (exact) mass is 198 g/mol. The first-order valence-corrected chi connectivity index (χ1v) is 4.04. The van der Waals surface area contributed by atoms with Gasteiger partial charge in [-0.25, -0.2) is 4.39 Å². The van der Waals surface area contributed by atoms with Crippen molar-refractivity contribution in [3.8, 4) is 0 Å². The number of halogens is 1. The van der Waals surface area contributed by atoms with Gasteiger partial charge in [-0.1, -0.05) is 0 Å². The highest BCUT2D eigenvalue weighted by Gasteiger charge is 2.10. The van der Waals surface area contributed by atoms with Crippen LogP contribution in [0.25, 0.3) is 0 Å².